The van der Waals surface area contributed by atoms with E-state index in [1.54, 1.807) is 6.21 Å². The smallest absolute Gasteiger partial charge is 0.0223 e. The van der Waals surface area contributed by atoms with Crippen molar-refractivity contribution < 1.29 is 0 Å². The molecule has 0 amide bonds. The number of hydrogen-bond acceptors (Lipinski definition) is 1. The van der Waals surface area contributed by atoms with Gasteiger partial charge in [0.25, 0.3) is 0 Å². The van der Waals surface area contributed by atoms with E-state index >= 15 is 0 Å². The minimum atomic E-state index is 1.17. The summed E-state index contributed by atoms with van der Waals surface area (Å²) < 4.78 is 0. The molecule has 0 saturated carbocycles. The maximum absolute atomic E-state index is 3.96. The highest BCUT2D eigenvalue weighted by Crippen LogP contribution is 1.98. The maximum atomic E-state index is 3.96. The van der Waals surface area contributed by atoms with E-state index in [-0.39, 0.29) is 0 Å². The lowest BCUT2D eigenvalue weighted by Gasteiger charge is -1.89. The van der Waals surface area contributed by atoms with E-state index in [2.05, 4.69) is 18.0 Å². The quantitative estimate of drug-likeness (QED) is 0.410. The Labute approximate surface area is 63.9 Å². The number of allylic oxidation sites excluding steroid dienone is 1. The van der Waals surface area contributed by atoms with E-state index in [9.17, 15) is 0 Å². The monoisotopic (exact) mass is 139 g/mol. The molecule has 0 fully saturated rings. The predicted octanol–water partition coefficient (Wildman–Crippen LogP) is 3.17. The highest BCUT2D eigenvalue weighted by atomic mass is 14.6. The zero-order chi connectivity index (χ0) is 7.66. The summed E-state index contributed by atoms with van der Waals surface area (Å²) in [6.07, 6.45) is 10.9. The van der Waals surface area contributed by atoms with Crippen molar-refractivity contribution >= 4 is 6.21 Å². The first-order chi connectivity index (χ1) is 4.91. The third-order valence-electron chi connectivity index (χ3n) is 1.31. The van der Waals surface area contributed by atoms with Crippen LogP contribution < -0.4 is 0 Å². The number of unbranched alkanes of at least 4 members (excludes halogenated alkanes) is 3. The average Bonchev–Trinajstić information content (AvgIpc) is 1.97. The Morgan fingerprint density at radius 2 is 2.10 bits per heavy atom. The molecule has 0 N–H and O–H groups in total. The van der Waals surface area contributed by atoms with Gasteiger partial charge in [0, 0.05) is 12.4 Å². The van der Waals surface area contributed by atoms with Crippen LogP contribution >= 0.6 is 0 Å². The van der Waals surface area contributed by atoms with E-state index in [1.807, 2.05) is 13.1 Å². The van der Waals surface area contributed by atoms with Crippen LogP contribution in [0.3, 0.4) is 0 Å². The summed E-state index contributed by atoms with van der Waals surface area (Å²) in [7, 11) is 0. The van der Waals surface area contributed by atoms with Crippen LogP contribution in [0.5, 0.6) is 0 Å². The van der Waals surface area contributed by atoms with Gasteiger partial charge in [0.1, 0.15) is 0 Å². The Hall–Kier alpha value is -0.590. The molecular formula is C9H17N. The fraction of sp³-hybridized carbons (Fsp3) is 0.667. The van der Waals surface area contributed by atoms with E-state index in [4.69, 9.17) is 0 Å². The second-order valence-electron chi connectivity index (χ2n) is 2.29. The molecule has 0 aliphatic heterocycles. The normalized spacial score (nSPS) is 11.8. The van der Waals surface area contributed by atoms with E-state index in [1.165, 1.54) is 25.7 Å². The molecule has 1 heteroatoms. The van der Waals surface area contributed by atoms with Gasteiger partial charge in [-0.2, -0.15) is 0 Å². The first-order valence-corrected chi connectivity index (χ1v) is 4.04. The molecule has 0 spiro atoms. The third-order valence-corrected chi connectivity index (χ3v) is 1.31. The maximum Gasteiger partial charge on any atom is 0.0223 e. The molecule has 0 saturated heterocycles. The lowest BCUT2D eigenvalue weighted by molar-refractivity contribution is 0.729. The molecule has 10 heavy (non-hydrogen) atoms. The molecule has 0 aromatic carbocycles. The van der Waals surface area contributed by atoms with Crippen LogP contribution in [0.4, 0.5) is 0 Å². The van der Waals surface area contributed by atoms with Crippen molar-refractivity contribution in [3.63, 3.8) is 0 Å². The summed E-state index contributed by atoms with van der Waals surface area (Å²) in [6, 6.07) is 0. The van der Waals surface area contributed by atoms with Crippen LogP contribution in [0, 0.1) is 0 Å². The average molecular weight is 139 g/mol. The molecule has 1 nitrogen and oxygen atoms in total. The Balaban J connectivity index is 3.02. The van der Waals surface area contributed by atoms with Gasteiger partial charge in [-0.15, -0.1) is 0 Å². The van der Waals surface area contributed by atoms with Gasteiger partial charge in [-0.05, 0) is 19.8 Å². The molecule has 0 aliphatic carbocycles. The standard InChI is InChI=1S/C9H17N/c1-3-5-6-7-8-9-10-4-2/h4,8-9H,3,5-7H2,1-2H3/b9-8-,10-4?. The predicted molar refractivity (Wildman–Crippen MR) is 47.4 cm³/mol. The topological polar surface area (TPSA) is 12.4 Å². The molecule has 0 rings (SSSR count). The summed E-state index contributed by atoms with van der Waals surface area (Å²) in [5.74, 6) is 0. The molecule has 58 valence electrons. The van der Waals surface area contributed by atoms with E-state index < -0.39 is 0 Å². The van der Waals surface area contributed by atoms with Crippen molar-refractivity contribution in [1.29, 1.82) is 0 Å². The van der Waals surface area contributed by atoms with Crippen molar-refractivity contribution in [2.24, 2.45) is 4.99 Å². The van der Waals surface area contributed by atoms with Crippen LogP contribution in [0.2, 0.25) is 0 Å². The first kappa shape index (κ1) is 9.41. The Morgan fingerprint density at radius 1 is 1.30 bits per heavy atom. The minimum Gasteiger partial charge on any atom is -0.270 e. The van der Waals surface area contributed by atoms with E-state index in [0.29, 0.717) is 0 Å². The Morgan fingerprint density at radius 3 is 2.70 bits per heavy atom. The van der Waals surface area contributed by atoms with Crippen LogP contribution in [-0.4, -0.2) is 6.21 Å². The van der Waals surface area contributed by atoms with Gasteiger partial charge < -0.3 is 0 Å². The molecule has 0 aromatic rings. The molecule has 0 aliphatic rings. The van der Waals surface area contributed by atoms with Crippen molar-refractivity contribution in [2.45, 2.75) is 39.5 Å². The van der Waals surface area contributed by atoms with Gasteiger partial charge >= 0.3 is 0 Å². The molecule has 0 unspecified atom stereocenters. The SMILES string of the molecule is CC=N/C=C\CCCCC. The zero-order valence-corrected chi connectivity index (χ0v) is 7.01. The van der Waals surface area contributed by atoms with Crippen LogP contribution in [-0.2, 0) is 0 Å². The molecule has 0 radical (unpaired) electrons. The van der Waals surface area contributed by atoms with Crippen molar-refractivity contribution in [2.75, 3.05) is 0 Å². The van der Waals surface area contributed by atoms with Crippen molar-refractivity contribution in [1.82, 2.24) is 0 Å². The molecule has 0 atom stereocenters. The lowest BCUT2D eigenvalue weighted by atomic mass is 10.2. The number of aliphatic imine (C=N–C) groups is 1. The van der Waals surface area contributed by atoms with Crippen molar-refractivity contribution in [3.05, 3.63) is 12.3 Å². The molecular weight excluding hydrogens is 122 g/mol. The number of nitrogens with zero attached hydrogens (tertiary/aromatic N) is 1. The first-order valence-electron chi connectivity index (χ1n) is 4.04. The second kappa shape index (κ2) is 8.41. The van der Waals surface area contributed by atoms with Gasteiger partial charge in [-0.1, -0.05) is 25.8 Å². The fourth-order valence-corrected chi connectivity index (χ4v) is 0.734. The van der Waals surface area contributed by atoms with Crippen LogP contribution in [0.15, 0.2) is 17.3 Å². The van der Waals surface area contributed by atoms with E-state index in [0.717, 1.165) is 0 Å². The highest BCUT2D eigenvalue weighted by Gasteiger charge is 1.79. The highest BCUT2D eigenvalue weighted by molar-refractivity contribution is 5.54. The summed E-state index contributed by atoms with van der Waals surface area (Å²) in [5.41, 5.74) is 0. The Kier molecular flexibility index (Phi) is 7.91. The number of hydrogen-bond donors (Lipinski definition) is 0. The summed E-state index contributed by atoms with van der Waals surface area (Å²) in [6.45, 7) is 4.14. The van der Waals surface area contributed by atoms with Gasteiger partial charge in [0.05, 0.1) is 0 Å². The van der Waals surface area contributed by atoms with Gasteiger partial charge in [-0.25, -0.2) is 0 Å². The van der Waals surface area contributed by atoms with Crippen LogP contribution in [0.1, 0.15) is 39.5 Å². The molecule has 0 bridgehead atoms. The largest absolute Gasteiger partial charge is 0.270 e. The fourth-order valence-electron chi connectivity index (χ4n) is 0.734. The van der Waals surface area contributed by atoms with Gasteiger partial charge in [-0.3, -0.25) is 4.99 Å². The summed E-state index contributed by atoms with van der Waals surface area (Å²) in [4.78, 5) is 3.96. The second-order valence-corrected chi connectivity index (χ2v) is 2.29. The lowest BCUT2D eigenvalue weighted by Crippen LogP contribution is -1.69. The zero-order valence-electron chi connectivity index (χ0n) is 7.01. The van der Waals surface area contributed by atoms with Gasteiger partial charge in [0.2, 0.25) is 0 Å². The molecule has 0 aromatic heterocycles. The summed E-state index contributed by atoms with van der Waals surface area (Å²) >= 11 is 0. The van der Waals surface area contributed by atoms with Gasteiger partial charge in [0.15, 0.2) is 0 Å². The summed E-state index contributed by atoms with van der Waals surface area (Å²) in [5, 5.41) is 0. The molecule has 0 heterocycles. The Bertz CT molecular complexity index is 103. The van der Waals surface area contributed by atoms with Crippen LogP contribution in [0.25, 0.3) is 0 Å². The third kappa shape index (κ3) is 7.41. The minimum absolute atomic E-state index is 1.17. The number of rotatable bonds is 5. The van der Waals surface area contributed by atoms with Crippen molar-refractivity contribution in [3.8, 4) is 0 Å².